The molecule has 0 amide bonds. The van der Waals surface area contributed by atoms with Crippen LogP contribution in [0.4, 0.5) is 11.5 Å². The van der Waals surface area contributed by atoms with Crippen molar-refractivity contribution in [2.24, 2.45) is 0 Å². The van der Waals surface area contributed by atoms with E-state index in [1.807, 2.05) is 44.2 Å². The van der Waals surface area contributed by atoms with Crippen molar-refractivity contribution in [3.63, 3.8) is 0 Å². The second-order valence-corrected chi connectivity index (χ2v) is 10.7. The van der Waals surface area contributed by atoms with Gasteiger partial charge in [-0.15, -0.1) is 0 Å². The van der Waals surface area contributed by atoms with Crippen LogP contribution in [0.15, 0.2) is 64.1 Å². The Balaban J connectivity index is 2.04. The summed E-state index contributed by atoms with van der Waals surface area (Å²) in [6, 6.07) is 14.5. The first kappa shape index (κ1) is 24.2. The number of anilines is 2. The Morgan fingerprint density at radius 1 is 1.16 bits per heavy atom. The number of pyridine rings is 1. The molecule has 0 saturated heterocycles. The van der Waals surface area contributed by atoms with Crippen LogP contribution in [0.25, 0.3) is 11.1 Å². The predicted molar refractivity (Wildman–Crippen MR) is 131 cm³/mol. The molecule has 8 heteroatoms. The lowest BCUT2D eigenvalue weighted by molar-refractivity contribution is 0.169. The number of aliphatic hydroxyl groups is 1. The molecule has 0 saturated carbocycles. The van der Waals surface area contributed by atoms with Gasteiger partial charge in [-0.3, -0.25) is 0 Å². The lowest BCUT2D eigenvalue weighted by Gasteiger charge is -2.19. The summed E-state index contributed by atoms with van der Waals surface area (Å²) in [6.07, 6.45) is 2.09. The number of ether oxygens (including phenoxy) is 1. The van der Waals surface area contributed by atoms with Crippen LogP contribution < -0.4 is 10.1 Å². The molecule has 1 unspecified atom stereocenters. The Morgan fingerprint density at radius 3 is 2.59 bits per heavy atom. The largest absolute Gasteiger partial charge is 0.488 e. The number of sulfone groups is 1. The molecular weight excluding hydrogens is 492 g/mol. The molecule has 2 aromatic carbocycles. The van der Waals surface area contributed by atoms with Gasteiger partial charge in [-0.05, 0) is 76.8 Å². The molecule has 0 radical (unpaired) electrons. The van der Waals surface area contributed by atoms with E-state index < -0.39 is 9.84 Å². The number of aliphatic hydroxyl groups excluding tert-OH is 1. The zero-order valence-electron chi connectivity index (χ0n) is 18.3. The first-order valence-corrected chi connectivity index (χ1v) is 12.8. The van der Waals surface area contributed by atoms with Crippen LogP contribution in [0.3, 0.4) is 0 Å². The van der Waals surface area contributed by atoms with Gasteiger partial charge in [-0.1, -0.05) is 25.1 Å². The average molecular weight is 519 g/mol. The number of nitrogens with zero attached hydrogens (tertiary/aromatic N) is 1. The maximum atomic E-state index is 12.3. The Bertz CT molecular complexity index is 1200. The smallest absolute Gasteiger partial charge is 0.178 e. The number of benzene rings is 2. The van der Waals surface area contributed by atoms with Crippen LogP contribution in [0.5, 0.6) is 5.75 Å². The molecule has 0 fully saturated rings. The molecule has 0 aliphatic rings. The molecule has 1 aromatic heterocycles. The highest BCUT2D eigenvalue weighted by molar-refractivity contribution is 9.10. The topological polar surface area (TPSA) is 88.5 Å². The first-order chi connectivity index (χ1) is 15.2. The molecule has 2 N–H and O–H groups in total. The minimum Gasteiger partial charge on any atom is -0.488 e. The fraction of sp³-hybridized carbons (Fsp3) is 0.292. The van der Waals surface area contributed by atoms with Crippen molar-refractivity contribution >= 4 is 37.3 Å². The van der Waals surface area contributed by atoms with E-state index in [0.717, 1.165) is 21.2 Å². The monoisotopic (exact) mass is 518 g/mol. The van der Waals surface area contributed by atoms with E-state index in [4.69, 9.17) is 4.74 Å². The summed E-state index contributed by atoms with van der Waals surface area (Å²) < 4.78 is 31.5. The van der Waals surface area contributed by atoms with Gasteiger partial charge in [-0.25, -0.2) is 13.4 Å². The molecule has 1 heterocycles. The van der Waals surface area contributed by atoms with E-state index in [2.05, 4.69) is 26.2 Å². The zero-order chi connectivity index (χ0) is 23.3. The second kappa shape index (κ2) is 10.5. The normalized spacial score (nSPS) is 12.4. The van der Waals surface area contributed by atoms with Crippen LogP contribution in [-0.4, -0.2) is 37.0 Å². The van der Waals surface area contributed by atoms with Crippen molar-refractivity contribution in [2.45, 2.75) is 38.2 Å². The molecule has 3 aromatic rings. The molecule has 3 rings (SSSR count). The van der Waals surface area contributed by atoms with Crippen molar-refractivity contribution in [1.29, 1.82) is 0 Å². The third kappa shape index (κ3) is 5.88. The van der Waals surface area contributed by atoms with Crippen LogP contribution >= 0.6 is 15.9 Å². The van der Waals surface area contributed by atoms with E-state index in [1.54, 1.807) is 31.3 Å². The SMILES string of the molecule is CCS(=O)(=O)c1cccc(-c2ccc(OC(C)CCO)c(Nc3ncc(C)cc3Br)c2)c1. The van der Waals surface area contributed by atoms with Gasteiger partial charge >= 0.3 is 0 Å². The van der Waals surface area contributed by atoms with Gasteiger partial charge < -0.3 is 15.2 Å². The summed E-state index contributed by atoms with van der Waals surface area (Å²) in [7, 11) is -3.31. The molecule has 0 spiro atoms. The second-order valence-electron chi connectivity index (χ2n) is 7.55. The molecule has 0 aliphatic heterocycles. The maximum absolute atomic E-state index is 12.3. The Kier molecular flexibility index (Phi) is 7.92. The summed E-state index contributed by atoms with van der Waals surface area (Å²) in [5.41, 5.74) is 3.34. The van der Waals surface area contributed by atoms with Gasteiger partial charge in [0.05, 0.1) is 26.9 Å². The quantitative estimate of drug-likeness (QED) is 0.388. The Labute approximate surface area is 197 Å². The standard InChI is InChI=1S/C24H27BrN2O4S/c1-4-32(29,30)20-7-5-6-18(13-20)19-8-9-23(31-17(3)10-11-28)22(14-19)27-24-21(25)12-16(2)15-26-24/h5-9,12-15,17,28H,4,10-11H2,1-3H3,(H,26,27). The minimum atomic E-state index is -3.31. The lowest BCUT2D eigenvalue weighted by Crippen LogP contribution is -2.14. The van der Waals surface area contributed by atoms with Crippen LogP contribution in [-0.2, 0) is 9.84 Å². The van der Waals surface area contributed by atoms with Crippen molar-refractivity contribution in [3.8, 4) is 16.9 Å². The van der Waals surface area contributed by atoms with Gasteiger partial charge in [0.2, 0.25) is 0 Å². The Morgan fingerprint density at radius 2 is 1.91 bits per heavy atom. The highest BCUT2D eigenvalue weighted by Gasteiger charge is 2.15. The zero-order valence-corrected chi connectivity index (χ0v) is 20.7. The maximum Gasteiger partial charge on any atom is 0.178 e. The van der Waals surface area contributed by atoms with Crippen LogP contribution in [0.1, 0.15) is 25.8 Å². The number of nitrogens with one attached hydrogen (secondary N) is 1. The number of rotatable bonds is 9. The van der Waals surface area contributed by atoms with E-state index in [9.17, 15) is 13.5 Å². The van der Waals surface area contributed by atoms with Gasteiger partial charge in [-0.2, -0.15) is 0 Å². The third-order valence-corrected chi connectivity index (χ3v) is 7.32. The molecule has 0 aliphatic carbocycles. The van der Waals surface area contributed by atoms with Gasteiger partial charge in [0.25, 0.3) is 0 Å². The van der Waals surface area contributed by atoms with E-state index >= 15 is 0 Å². The van der Waals surface area contributed by atoms with E-state index in [-0.39, 0.29) is 18.5 Å². The highest BCUT2D eigenvalue weighted by Crippen LogP contribution is 2.35. The number of aryl methyl sites for hydroxylation is 1. The highest BCUT2D eigenvalue weighted by atomic mass is 79.9. The van der Waals surface area contributed by atoms with Crippen molar-refractivity contribution in [1.82, 2.24) is 4.98 Å². The van der Waals surface area contributed by atoms with Gasteiger partial charge in [0, 0.05) is 19.2 Å². The molecule has 32 heavy (non-hydrogen) atoms. The molecule has 6 nitrogen and oxygen atoms in total. The number of hydrogen-bond donors (Lipinski definition) is 2. The summed E-state index contributed by atoms with van der Waals surface area (Å²) in [5, 5.41) is 12.5. The summed E-state index contributed by atoms with van der Waals surface area (Å²) in [4.78, 5) is 4.75. The summed E-state index contributed by atoms with van der Waals surface area (Å²) >= 11 is 3.54. The first-order valence-electron chi connectivity index (χ1n) is 10.4. The average Bonchev–Trinajstić information content (AvgIpc) is 2.77. The van der Waals surface area contributed by atoms with Gasteiger partial charge in [0.15, 0.2) is 9.84 Å². The predicted octanol–water partition coefficient (Wildman–Crippen LogP) is 5.51. The van der Waals surface area contributed by atoms with Crippen molar-refractivity contribution in [2.75, 3.05) is 17.7 Å². The summed E-state index contributed by atoms with van der Waals surface area (Å²) in [6.45, 7) is 5.53. The van der Waals surface area contributed by atoms with Crippen molar-refractivity contribution in [3.05, 3.63) is 64.8 Å². The molecule has 170 valence electrons. The number of halogens is 1. The van der Waals surface area contributed by atoms with E-state index in [1.165, 1.54) is 0 Å². The molecular formula is C24H27BrN2O4S. The lowest BCUT2D eigenvalue weighted by atomic mass is 10.0. The number of aromatic nitrogens is 1. The van der Waals surface area contributed by atoms with Crippen LogP contribution in [0.2, 0.25) is 0 Å². The third-order valence-electron chi connectivity index (χ3n) is 4.98. The van der Waals surface area contributed by atoms with E-state index in [0.29, 0.717) is 28.6 Å². The van der Waals surface area contributed by atoms with Gasteiger partial charge in [0.1, 0.15) is 11.6 Å². The molecule has 0 bridgehead atoms. The molecule has 1 atom stereocenters. The summed E-state index contributed by atoms with van der Waals surface area (Å²) in [5.74, 6) is 1.29. The number of hydrogen-bond acceptors (Lipinski definition) is 6. The van der Waals surface area contributed by atoms with Crippen molar-refractivity contribution < 1.29 is 18.3 Å². The fourth-order valence-corrected chi connectivity index (χ4v) is 4.64. The fourth-order valence-electron chi connectivity index (χ4n) is 3.16. The minimum absolute atomic E-state index is 0.0335. The van der Waals surface area contributed by atoms with Crippen LogP contribution in [0, 0.1) is 6.92 Å². The Hall–Kier alpha value is -2.42.